The first-order chi connectivity index (χ1) is 15.3. The molecule has 1 atom stereocenters. The van der Waals surface area contributed by atoms with Crippen LogP contribution in [0.5, 0.6) is 0 Å². The van der Waals surface area contributed by atoms with Gasteiger partial charge in [0, 0.05) is 14.1 Å². The molecule has 0 aliphatic heterocycles. The Morgan fingerprint density at radius 1 is 1.09 bits per heavy atom. The van der Waals surface area contributed by atoms with Crippen LogP contribution in [0.1, 0.15) is 18.5 Å². The van der Waals surface area contributed by atoms with Gasteiger partial charge in [-0.1, -0.05) is 41.2 Å². The minimum atomic E-state index is -3.63. The van der Waals surface area contributed by atoms with Gasteiger partial charge in [0.25, 0.3) is 5.91 Å². The van der Waals surface area contributed by atoms with Crippen LogP contribution in [0.3, 0.4) is 0 Å². The summed E-state index contributed by atoms with van der Waals surface area (Å²) in [6.45, 7) is 1.59. The van der Waals surface area contributed by atoms with E-state index in [1.165, 1.54) is 26.2 Å². The maximum Gasteiger partial charge on any atom is 0.261 e. The highest BCUT2D eigenvalue weighted by Gasteiger charge is 2.19. The molecule has 0 saturated heterocycles. The van der Waals surface area contributed by atoms with Gasteiger partial charge in [0.2, 0.25) is 10.0 Å². The number of sulfonamides is 1. The van der Waals surface area contributed by atoms with Gasteiger partial charge >= 0.3 is 0 Å². The molecule has 1 aromatic heterocycles. The van der Waals surface area contributed by atoms with E-state index in [1.807, 2.05) is 49.4 Å². The number of rotatable bonds is 7. The van der Waals surface area contributed by atoms with Gasteiger partial charge < -0.3 is 10.2 Å². The van der Waals surface area contributed by atoms with Crippen molar-refractivity contribution in [1.29, 1.82) is 0 Å². The summed E-state index contributed by atoms with van der Waals surface area (Å²) >= 11 is 0. The molecule has 9 nitrogen and oxygen atoms in total. The zero-order valence-corrected chi connectivity index (χ0v) is 18.7. The Labute approximate surface area is 185 Å². The SMILES string of the molecule is CC(NC(=O)COn1nnc2ccc(S(=O)(=O)N(C)C)cc21)c1ccc2ccccc2c1. The minimum absolute atomic E-state index is 0.0801. The molecule has 1 unspecified atom stereocenters. The molecule has 1 heterocycles. The van der Waals surface area contributed by atoms with Gasteiger partial charge in [0.05, 0.1) is 10.9 Å². The molecule has 1 N–H and O–H groups in total. The molecule has 1 amide bonds. The monoisotopic (exact) mass is 453 g/mol. The fourth-order valence-electron chi connectivity index (χ4n) is 3.31. The Morgan fingerprint density at radius 2 is 1.84 bits per heavy atom. The zero-order valence-electron chi connectivity index (χ0n) is 17.9. The van der Waals surface area contributed by atoms with Crippen LogP contribution in [0.2, 0.25) is 0 Å². The lowest BCUT2D eigenvalue weighted by Crippen LogP contribution is -2.33. The molecule has 0 aliphatic rings. The van der Waals surface area contributed by atoms with Crippen molar-refractivity contribution < 1.29 is 18.0 Å². The molecule has 4 aromatic rings. The highest BCUT2D eigenvalue weighted by atomic mass is 32.2. The quantitative estimate of drug-likeness (QED) is 0.460. The molecule has 32 heavy (non-hydrogen) atoms. The molecule has 0 aliphatic carbocycles. The number of fused-ring (bicyclic) bond motifs is 2. The topological polar surface area (TPSA) is 106 Å². The largest absolute Gasteiger partial charge is 0.385 e. The third kappa shape index (κ3) is 4.27. The van der Waals surface area contributed by atoms with E-state index in [0.717, 1.165) is 25.5 Å². The lowest BCUT2D eigenvalue weighted by molar-refractivity contribution is -0.127. The standard InChI is InChI=1S/C22H23N5O4S/c1-15(17-9-8-16-6-4-5-7-18(16)12-17)23-22(28)14-31-27-21-13-19(32(29,30)26(2)3)10-11-20(21)24-25-27/h4-13,15H,14H2,1-3H3,(H,23,28). The van der Waals surface area contributed by atoms with E-state index in [9.17, 15) is 13.2 Å². The minimum Gasteiger partial charge on any atom is -0.385 e. The maximum absolute atomic E-state index is 12.4. The summed E-state index contributed by atoms with van der Waals surface area (Å²) < 4.78 is 25.9. The Kier molecular flexibility index (Phi) is 5.81. The van der Waals surface area contributed by atoms with E-state index in [4.69, 9.17) is 4.84 Å². The van der Waals surface area contributed by atoms with E-state index in [-0.39, 0.29) is 23.5 Å². The third-order valence-corrected chi connectivity index (χ3v) is 6.95. The van der Waals surface area contributed by atoms with Crippen molar-refractivity contribution in [3.05, 3.63) is 66.2 Å². The lowest BCUT2D eigenvalue weighted by Gasteiger charge is -2.15. The van der Waals surface area contributed by atoms with E-state index in [2.05, 4.69) is 15.6 Å². The summed E-state index contributed by atoms with van der Waals surface area (Å²) in [5.74, 6) is -0.341. The molecule has 3 aromatic carbocycles. The Morgan fingerprint density at radius 3 is 2.59 bits per heavy atom. The number of hydrogen-bond acceptors (Lipinski definition) is 6. The first-order valence-electron chi connectivity index (χ1n) is 9.95. The average molecular weight is 454 g/mol. The maximum atomic E-state index is 12.4. The van der Waals surface area contributed by atoms with Crippen molar-refractivity contribution >= 4 is 37.7 Å². The summed E-state index contributed by atoms with van der Waals surface area (Å²) in [6, 6.07) is 18.2. The summed E-state index contributed by atoms with van der Waals surface area (Å²) in [5, 5.41) is 12.9. The van der Waals surface area contributed by atoms with Crippen LogP contribution in [0.25, 0.3) is 21.8 Å². The van der Waals surface area contributed by atoms with E-state index >= 15 is 0 Å². The zero-order chi connectivity index (χ0) is 22.9. The summed E-state index contributed by atoms with van der Waals surface area (Å²) in [5.41, 5.74) is 1.78. The van der Waals surface area contributed by atoms with Crippen LogP contribution in [-0.2, 0) is 14.8 Å². The molecule has 166 valence electrons. The second-order valence-electron chi connectivity index (χ2n) is 7.57. The normalized spacial score (nSPS) is 12.9. The fourth-order valence-corrected chi connectivity index (χ4v) is 4.23. The molecule has 4 rings (SSSR count). The highest BCUT2D eigenvalue weighted by Crippen LogP contribution is 2.21. The first-order valence-corrected chi connectivity index (χ1v) is 11.4. The van der Waals surface area contributed by atoms with Gasteiger partial charge in [-0.25, -0.2) is 12.7 Å². The van der Waals surface area contributed by atoms with Gasteiger partial charge in [0.15, 0.2) is 6.61 Å². The van der Waals surface area contributed by atoms with Crippen molar-refractivity contribution in [3.8, 4) is 0 Å². The number of benzene rings is 3. The van der Waals surface area contributed by atoms with E-state index in [1.54, 1.807) is 6.07 Å². The Balaban J connectivity index is 1.45. The smallest absolute Gasteiger partial charge is 0.261 e. The predicted molar refractivity (Wildman–Crippen MR) is 120 cm³/mol. The van der Waals surface area contributed by atoms with Crippen molar-refractivity contribution in [2.45, 2.75) is 17.9 Å². The van der Waals surface area contributed by atoms with Crippen molar-refractivity contribution in [3.63, 3.8) is 0 Å². The van der Waals surface area contributed by atoms with Crippen LogP contribution >= 0.6 is 0 Å². The van der Waals surface area contributed by atoms with Crippen LogP contribution in [0.15, 0.2) is 65.6 Å². The molecule has 0 saturated carbocycles. The molecular weight excluding hydrogens is 430 g/mol. The molecule has 0 radical (unpaired) electrons. The molecular formula is C22H23N5O4S. The molecule has 0 fully saturated rings. The number of amides is 1. The fraction of sp³-hybridized carbons (Fsp3) is 0.227. The van der Waals surface area contributed by atoms with Gasteiger partial charge in [-0.3, -0.25) is 4.79 Å². The Hall–Kier alpha value is -3.50. The second-order valence-corrected chi connectivity index (χ2v) is 9.72. The van der Waals surface area contributed by atoms with E-state index in [0.29, 0.717) is 11.0 Å². The van der Waals surface area contributed by atoms with Crippen LogP contribution in [0.4, 0.5) is 0 Å². The van der Waals surface area contributed by atoms with Gasteiger partial charge in [0.1, 0.15) is 11.0 Å². The van der Waals surface area contributed by atoms with Crippen molar-refractivity contribution in [2.75, 3.05) is 20.7 Å². The Bertz CT molecular complexity index is 1400. The van der Waals surface area contributed by atoms with Gasteiger partial charge in [-0.15, -0.1) is 5.10 Å². The van der Waals surface area contributed by atoms with Gasteiger partial charge in [-0.05, 0) is 52.7 Å². The summed E-state index contributed by atoms with van der Waals surface area (Å²) in [6.07, 6.45) is 0. The summed E-state index contributed by atoms with van der Waals surface area (Å²) in [7, 11) is -0.725. The number of nitrogens with one attached hydrogen (secondary N) is 1. The van der Waals surface area contributed by atoms with Crippen LogP contribution in [-0.4, -0.2) is 54.5 Å². The van der Waals surface area contributed by atoms with Gasteiger partial charge in [-0.2, -0.15) is 0 Å². The average Bonchev–Trinajstić information content (AvgIpc) is 3.19. The number of carbonyl (C=O) groups excluding carboxylic acids is 1. The lowest BCUT2D eigenvalue weighted by atomic mass is 10.0. The third-order valence-electron chi connectivity index (χ3n) is 5.13. The van der Waals surface area contributed by atoms with Crippen LogP contribution < -0.4 is 10.2 Å². The number of carbonyl (C=O) groups is 1. The molecule has 0 spiro atoms. The molecule has 0 bridgehead atoms. The number of aromatic nitrogens is 3. The van der Waals surface area contributed by atoms with Crippen LogP contribution in [0, 0.1) is 0 Å². The predicted octanol–water partition coefficient (Wildman–Crippen LogP) is 2.14. The summed E-state index contributed by atoms with van der Waals surface area (Å²) in [4.78, 5) is 19.1. The number of hydrogen-bond donors (Lipinski definition) is 1. The number of nitrogens with zero attached hydrogens (tertiary/aromatic N) is 4. The first kappa shape index (κ1) is 21.7. The van der Waals surface area contributed by atoms with E-state index < -0.39 is 10.0 Å². The second kappa shape index (κ2) is 8.56. The highest BCUT2D eigenvalue weighted by molar-refractivity contribution is 7.89. The molecule has 10 heteroatoms. The van der Waals surface area contributed by atoms with Crippen molar-refractivity contribution in [2.24, 2.45) is 0 Å². The van der Waals surface area contributed by atoms with Crippen molar-refractivity contribution in [1.82, 2.24) is 24.8 Å².